The second-order valence-corrected chi connectivity index (χ2v) is 4.24. The first-order valence-electron chi connectivity index (χ1n) is 5.70. The zero-order valence-corrected chi connectivity index (χ0v) is 10.2. The smallest absolute Gasteiger partial charge is 0.340 e. The number of benzene rings is 1. The van der Waals surface area contributed by atoms with Gasteiger partial charge in [-0.25, -0.2) is 4.79 Å². The maximum absolute atomic E-state index is 11.7. The van der Waals surface area contributed by atoms with Gasteiger partial charge in [-0.3, -0.25) is 14.9 Å². The maximum Gasteiger partial charge on any atom is 0.340 e. The summed E-state index contributed by atoms with van der Waals surface area (Å²) in [7, 11) is 1.17. The van der Waals surface area contributed by atoms with E-state index in [0.29, 0.717) is 0 Å². The number of esters is 1. The number of ether oxygens (including phenoxy) is 1. The summed E-state index contributed by atoms with van der Waals surface area (Å²) >= 11 is 0. The zero-order chi connectivity index (χ0) is 14.0. The number of nitro groups is 1. The summed E-state index contributed by atoms with van der Waals surface area (Å²) < 4.78 is 4.56. The summed E-state index contributed by atoms with van der Waals surface area (Å²) in [5, 5.41) is 13.3. The second-order valence-electron chi connectivity index (χ2n) is 4.24. The van der Waals surface area contributed by atoms with E-state index in [1.54, 1.807) is 0 Å². The van der Waals surface area contributed by atoms with Crippen molar-refractivity contribution >= 4 is 23.3 Å². The van der Waals surface area contributed by atoms with Crippen molar-refractivity contribution in [3.05, 3.63) is 33.9 Å². The van der Waals surface area contributed by atoms with E-state index < -0.39 is 10.9 Å². The largest absolute Gasteiger partial charge is 0.465 e. The molecule has 1 aliphatic carbocycles. The van der Waals surface area contributed by atoms with E-state index in [9.17, 15) is 19.7 Å². The van der Waals surface area contributed by atoms with Gasteiger partial charge in [-0.1, -0.05) is 0 Å². The SMILES string of the molecule is COC(=O)c1cc([N+](=O)[O-])ccc1NC(=O)C1CC1. The Kier molecular flexibility index (Phi) is 3.46. The van der Waals surface area contributed by atoms with Crippen molar-refractivity contribution in [3.8, 4) is 0 Å². The number of methoxy groups -OCH3 is 1. The highest BCUT2D eigenvalue weighted by atomic mass is 16.6. The van der Waals surface area contributed by atoms with E-state index in [1.807, 2.05) is 0 Å². The molecular weight excluding hydrogens is 252 g/mol. The second kappa shape index (κ2) is 5.05. The highest BCUT2D eigenvalue weighted by Crippen LogP contribution is 2.31. The number of hydrogen-bond donors (Lipinski definition) is 1. The minimum atomic E-state index is -0.727. The molecule has 0 spiro atoms. The fourth-order valence-corrected chi connectivity index (χ4v) is 1.61. The normalized spacial score (nSPS) is 13.7. The average Bonchev–Trinajstić information content (AvgIpc) is 3.22. The molecule has 0 saturated heterocycles. The highest BCUT2D eigenvalue weighted by Gasteiger charge is 2.30. The molecule has 0 bridgehead atoms. The molecule has 0 unspecified atom stereocenters. The van der Waals surface area contributed by atoms with E-state index in [4.69, 9.17) is 0 Å². The summed E-state index contributed by atoms with van der Waals surface area (Å²) in [6, 6.07) is 3.66. The molecule has 1 N–H and O–H groups in total. The van der Waals surface area contributed by atoms with E-state index in [1.165, 1.54) is 19.2 Å². The lowest BCUT2D eigenvalue weighted by atomic mass is 10.1. The third-order valence-corrected chi connectivity index (χ3v) is 2.83. The molecule has 1 saturated carbocycles. The third-order valence-electron chi connectivity index (χ3n) is 2.83. The maximum atomic E-state index is 11.7. The molecule has 19 heavy (non-hydrogen) atoms. The zero-order valence-electron chi connectivity index (χ0n) is 10.2. The number of anilines is 1. The van der Waals surface area contributed by atoms with Gasteiger partial charge in [0.05, 0.1) is 23.3 Å². The Labute approximate surface area is 108 Å². The Morgan fingerprint density at radius 1 is 1.42 bits per heavy atom. The molecule has 7 heteroatoms. The fraction of sp³-hybridized carbons (Fsp3) is 0.333. The van der Waals surface area contributed by atoms with E-state index >= 15 is 0 Å². The van der Waals surface area contributed by atoms with Gasteiger partial charge in [-0.05, 0) is 18.9 Å². The molecule has 1 aliphatic rings. The molecule has 1 fully saturated rings. The third kappa shape index (κ3) is 2.87. The van der Waals surface area contributed by atoms with Crippen LogP contribution in [0.15, 0.2) is 18.2 Å². The summed E-state index contributed by atoms with van der Waals surface area (Å²) in [6.45, 7) is 0. The standard InChI is InChI=1S/C12H12N2O5/c1-19-12(16)9-6-8(14(17)18)4-5-10(9)13-11(15)7-2-3-7/h4-7H,2-3H2,1H3,(H,13,15). The summed E-state index contributed by atoms with van der Waals surface area (Å²) in [5.41, 5.74) is -0.0233. The van der Waals surface area contributed by atoms with Crippen LogP contribution in [0.3, 0.4) is 0 Å². The topological polar surface area (TPSA) is 98.5 Å². The predicted octanol–water partition coefficient (Wildman–Crippen LogP) is 1.73. The number of hydrogen-bond acceptors (Lipinski definition) is 5. The number of carbonyl (C=O) groups is 2. The summed E-state index contributed by atoms with van der Waals surface area (Å²) in [5.74, 6) is -0.936. The van der Waals surface area contributed by atoms with Crippen LogP contribution in [0.5, 0.6) is 0 Å². The van der Waals surface area contributed by atoms with Crippen LogP contribution in [0.2, 0.25) is 0 Å². The Bertz CT molecular complexity index is 551. The quantitative estimate of drug-likeness (QED) is 0.507. The fourth-order valence-electron chi connectivity index (χ4n) is 1.61. The van der Waals surface area contributed by atoms with E-state index in [-0.39, 0.29) is 28.8 Å². The molecule has 1 aromatic rings. The lowest BCUT2D eigenvalue weighted by Gasteiger charge is -2.09. The predicted molar refractivity (Wildman–Crippen MR) is 65.8 cm³/mol. The number of non-ortho nitro benzene ring substituents is 1. The number of amides is 1. The number of nitrogens with zero attached hydrogens (tertiary/aromatic N) is 1. The molecule has 2 rings (SSSR count). The first-order valence-corrected chi connectivity index (χ1v) is 5.70. The number of rotatable bonds is 4. The molecule has 100 valence electrons. The molecule has 0 radical (unpaired) electrons. The number of carbonyl (C=O) groups excluding carboxylic acids is 2. The van der Waals surface area contributed by atoms with Gasteiger partial charge in [-0.15, -0.1) is 0 Å². The van der Waals surface area contributed by atoms with Gasteiger partial charge < -0.3 is 10.1 Å². The van der Waals surface area contributed by atoms with Gasteiger partial charge in [0.25, 0.3) is 5.69 Å². The van der Waals surface area contributed by atoms with Crippen LogP contribution in [0.1, 0.15) is 23.2 Å². The molecule has 1 amide bonds. The van der Waals surface area contributed by atoms with Gasteiger partial charge in [-0.2, -0.15) is 0 Å². The van der Waals surface area contributed by atoms with Crippen molar-refractivity contribution in [2.75, 3.05) is 12.4 Å². The van der Waals surface area contributed by atoms with Crippen molar-refractivity contribution in [1.82, 2.24) is 0 Å². The van der Waals surface area contributed by atoms with Crippen LogP contribution in [-0.2, 0) is 9.53 Å². The lowest BCUT2D eigenvalue weighted by Crippen LogP contribution is -2.16. The number of nitro benzene ring substituents is 1. The van der Waals surface area contributed by atoms with E-state index in [2.05, 4.69) is 10.1 Å². The monoisotopic (exact) mass is 264 g/mol. The van der Waals surface area contributed by atoms with Crippen molar-refractivity contribution in [2.24, 2.45) is 5.92 Å². The minimum absolute atomic E-state index is 0.0225. The van der Waals surface area contributed by atoms with Gasteiger partial charge in [0.1, 0.15) is 0 Å². The van der Waals surface area contributed by atoms with Crippen LogP contribution in [0.4, 0.5) is 11.4 Å². The average molecular weight is 264 g/mol. The Balaban J connectivity index is 2.32. The molecule has 0 atom stereocenters. The van der Waals surface area contributed by atoms with E-state index in [0.717, 1.165) is 18.9 Å². The Hall–Kier alpha value is -2.44. The van der Waals surface area contributed by atoms with Crippen molar-refractivity contribution in [2.45, 2.75) is 12.8 Å². The Morgan fingerprint density at radius 3 is 2.63 bits per heavy atom. The number of nitrogens with one attached hydrogen (secondary N) is 1. The van der Waals surface area contributed by atoms with Crippen molar-refractivity contribution < 1.29 is 19.2 Å². The molecule has 0 heterocycles. The molecular formula is C12H12N2O5. The highest BCUT2D eigenvalue weighted by molar-refractivity contribution is 6.02. The first-order chi connectivity index (χ1) is 9.02. The first kappa shape index (κ1) is 13.0. The van der Waals surface area contributed by atoms with Crippen molar-refractivity contribution in [3.63, 3.8) is 0 Å². The minimum Gasteiger partial charge on any atom is -0.465 e. The van der Waals surface area contributed by atoms with Gasteiger partial charge in [0, 0.05) is 18.1 Å². The van der Waals surface area contributed by atoms with Crippen molar-refractivity contribution in [1.29, 1.82) is 0 Å². The van der Waals surface area contributed by atoms with Gasteiger partial charge in [0.15, 0.2) is 0 Å². The van der Waals surface area contributed by atoms with Gasteiger partial charge in [0.2, 0.25) is 5.91 Å². The molecule has 0 aromatic heterocycles. The van der Waals surface area contributed by atoms with Crippen LogP contribution in [0.25, 0.3) is 0 Å². The molecule has 1 aromatic carbocycles. The summed E-state index contributed by atoms with van der Waals surface area (Å²) in [6.07, 6.45) is 1.65. The molecule has 7 nitrogen and oxygen atoms in total. The molecule has 0 aliphatic heterocycles. The van der Waals surface area contributed by atoms with Crippen LogP contribution in [0, 0.1) is 16.0 Å². The summed E-state index contributed by atoms with van der Waals surface area (Å²) in [4.78, 5) is 33.3. The lowest BCUT2D eigenvalue weighted by molar-refractivity contribution is -0.384. The van der Waals surface area contributed by atoms with Gasteiger partial charge >= 0.3 is 5.97 Å². The Morgan fingerprint density at radius 2 is 2.11 bits per heavy atom. The van der Waals surface area contributed by atoms with Crippen LogP contribution < -0.4 is 5.32 Å². The van der Waals surface area contributed by atoms with Crippen LogP contribution in [-0.4, -0.2) is 23.9 Å². The van der Waals surface area contributed by atoms with Crippen LogP contribution >= 0.6 is 0 Å².